The standard InChI is InChI=1S/C14H10BrNO3S/c1-9(17)13-8-12(5-6-14(13)16(18)19)20-11-4-2-3-10(15)7-11/h2-8H,1H3. The minimum atomic E-state index is -0.537. The molecule has 0 unspecified atom stereocenters. The van der Waals surface area contributed by atoms with Gasteiger partial charge in [0.1, 0.15) is 0 Å². The maximum absolute atomic E-state index is 11.5. The number of carbonyl (C=O) groups is 1. The molecule has 0 fully saturated rings. The number of hydrogen-bond donors (Lipinski definition) is 0. The van der Waals surface area contributed by atoms with Gasteiger partial charge in [0.05, 0.1) is 10.5 Å². The zero-order valence-corrected chi connectivity index (χ0v) is 12.9. The average molecular weight is 352 g/mol. The molecule has 0 spiro atoms. The summed E-state index contributed by atoms with van der Waals surface area (Å²) in [6.45, 7) is 1.33. The molecule has 0 amide bonds. The predicted molar refractivity (Wildman–Crippen MR) is 81.4 cm³/mol. The first-order valence-electron chi connectivity index (χ1n) is 5.70. The average Bonchev–Trinajstić information content (AvgIpc) is 2.38. The third-order valence-corrected chi connectivity index (χ3v) is 4.05. The van der Waals surface area contributed by atoms with E-state index in [1.165, 1.54) is 24.8 Å². The number of Topliss-reactive ketones (excluding diaryl/α,β-unsaturated/α-hetero) is 1. The number of benzene rings is 2. The third-order valence-electron chi connectivity index (χ3n) is 2.58. The smallest absolute Gasteiger partial charge is 0.280 e. The van der Waals surface area contributed by atoms with Gasteiger partial charge in [-0.1, -0.05) is 33.8 Å². The van der Waals surface area contributed by atoms with E-state index < -0.39 is 4.92 Å². The van der Waals surface area contributed by atoms with Crippen molar-refractivity contribution in [1.82, 2.24) is 0 Å². The van der Waals surface area contributed by atoms with Crippen LogP contribution in [-0.2, 0) is 0 Å². The molecule has 0 atom stereocenters. The lowest BCUT2D eigenvalue weighted by Crippen LogP contribution is -2.00. The van der Waals surface area contributed by atoms with Crippen molar-refractivity contribution in [2.75, 3.05) is 0 Å². The lowest BCUT2D eigenvalue weighted by Gasteiger charge is -2.05. The highest BCUT2D eigenvalue weighted by Crippen LogP contribution is 2.32. The lowest BCUT2D eigenvalue weighted by atomic mass is 10.1. The highest BCUT2D eigenvalue weighted by molar-refractivity contribution is 9.10. The van der Waals surface area contributed by atoms with Gasteiger partial charge in [0, 0.05) is 20.3 Å². The van der Waals surface area contributed by atoms with Gasteiger partial charge in [0.2, 0.25) is 0 Å². The van der Waals surface area contributed by atoms with Crippen LogP contribution in [0.5, 0.6) is 0 Å². The van der Waals surface area contributed by atoms with Crippen molar-refractivity contribution in [1.29, 1.82) is 0 Å². The summed E-state index contributed by atoms with van der Waals surface area (Å²) in [7, 11) is 0. The van der Waals surface area contributed by atoms with Crippen LogP contribution in [0.2, 0.25) is 0 Å². The van der Waals surface area contributed by atoms with Crippen LogP contribution in [0.1, 0.15) is 17.3 Å². The van der Waals surface area contributed by atoms with Gasteiger partial charge in [-0.3, -0.25) is 14.9 Å². The number of nitro benzene ring substituents is 1. The Kier molecular flexibility index (Phi) is 4.57. The molecule has 0 aromatic heterocycles. The van der Waals surface area contributed by atoms with Gasteiger partial charge in [0.15, 0.2) is 5.78 Å². The van der Waals surface area contributed by atoms with Crippen LogP contribution in [-0.4, -0.2) is 10.7 Å². The van der Waals surface area contributed by atoms with Crippen molar-refractivity contribution < 1.29 is 9.72 Å². The summed E-state index contributed by atoms with van der Waals surface area (Å²) in [6.07, 6.45) is 0. The SMILES string of the molecule is CC(=O)c1cc(Sc2cccc(Br)c2)ccc1[N+](=O)[O-]. The monoisotopic (exact) mass is 351 g/mol. The van der Waals surface area contributed by atoms with Crippen LogP contribution >= 0.6 is 27.7 Å². The molecule has 4 nitrogen and oxygen atoms in total. The van der Waals surface area contributed by atoms with Gasteiger partial charge in [-0.25, -0.2) is 0 Å². The van der Waals surface area contributed by atoms with E-state index in [0.29, 0.717) is 0 Å². The number of nitrogens with zero attached hydrogens (tertiary/aromatic N) is 1. The lowest BCUT2D eigenvalue weighted by molar-refractivity contribution is -0.385. The van der Waals surface area contributed by atoms with Gasteiger partial charge < -0.3 is 0 Å². The second-order valence-electron chi connectivity index (χ2n) is 4.05. The van der Waals surface area contributed by atoms with Crippen LogP contribution in [0.25, 0.3) is 0 Å². The summed E-state index contributed by atoms with van der Waals surface area (Å²) in [4.78, 5) is 23.6. The molecule has 0 N–H and O–H groups in total. The van der Waals surface area contributed by atoms with Crippen LogP contribution in [0.3, 0.4) is 0 Å². The summed E-state index contributed by atoms with van der Waals surface area (Å²) in [5.41, 5.74) is -0.0221. The first kappa shape index (κ1) is 14.7. The number of hydrogen-bond acceptors (Lipinski definition) is 4. The van der Waals surface area contributed by atoms with Crippen molar-refractivity contribution in [3.8, 4) is 0 Å². The number of rotatable bonds is 4. The molecule has 0 saturated carbocycles. The third kappa shape index (κ3) is 3.46. The Morgan fingerprint density at radius 3 is 2.50 bits per heavy atom. The Morgan fingerprint density at radius 1 is 1.20 bits per heavy atom. The number of carbonyl (C=O) groups excluding carboxylic acids is 1. The van der Waals surface area contributed by atoms with Crippen molar-refractivity contribution in [3.63, 3.8) is 0 Å². The molecule has 0 radical (unpaired) electrons. The molecular formula is C14H10BrNO3S. The fourth-order valence-corrected chi connectivity index (χ4v) is 3.15. The van der Waals surface area contributed by atoms with Crippen molar-refractivity contribution in [3.05, 3.63) is 62.6 Å². The van der Waals surface area contributed by atoms with Crippen LogP contribution in [0, 0.1) is 10.1 Å². The summed E-state index contributed by atoms with van der Waals surface area (Å²) < 4.78 is 0.955. The Balaban J connectivity index is 2.36. The van der Waals surface area contributed by atoms with E-state index in [2.05, 4.69) is 15.9 Å². The molecular weight excluding hydrogens is 342 g/mol. The molecule has 0 aliphatic rings. The number of nitro groups is 1. The molecule has 2 rings (SSSR count). The molecule has 20 heavy (non-hydrogen) atoms. The molecule has 2 aromatic carbocycles. The molecule has 0 bridgehead atoms. The molecule has 6 heteroatoms. The normalized spacial score (nSPS) is 10.3. The van der Waals surface area contributed by atoms with Crippen molar-refractivity contribution in [2.45, 2.75) is 16.7 Å². The van der Waals surface area contributed by atoms with Crippen LogP contribution < -0.4 is 0 Å². The predicted octanol–water partition coefficient (Wildman–Crippen LogP) is 4.71. The first-order valence-corrected chi connectivity index (χ1v) is 7.31. The Bertz CT molecular complexity index is 688. The first-order chi connectivity index (χ1) is 9.47. The highest BCUT2D eigenvalue weighted by Gasteiger charge is 2.17. The largest absolute Gasteiger partial charge is 0.294 e. The van der Waals surface area contributed by atoms with Gasteiger partial charge >= 0.3 is 0 Å². The Morgan fingerprint density at radius 2 is 1.90 bits per heavy atom. The van der Waals surface area contributed by atoms with Crippen LogP contribution in [0.15, 0.2) is 56.7 Å². The second kappa shape index (κ2) is 6.19. The summed E-state index contributed by atoms with van der Waals surface area (Å²) in [6, 6.07) is 12.3. The summed E-state index contributed by atoms with van der Waals surface area (Å²) >= 11 is 4.84. The van der Waals surface area contributed by atoms with E-state index in [9.17, 15) is 14.9 Å². The molecule has 0 aliphatic carbocycles. The Hall–Kier alpha value is -1.66. The quantitative estimate of drug-likeness (QED) is 0.454. The fourth-order valence-electron chi connectivity index (χ4n) is 1.69. The number of ketones is 1. The van der Waals surface area contributed by atoms with Gasteiger partial charge in [-0.2, -0.15) is 0 Å². The molecule has 0 aliphatic heterocycles. The topological polar surface area (TPSA) is 60.2 Å². The minimum absolute atomic E-state index is 0.134. The van der Waals surface area contributed by atoms with E-state index in [0.717, 1.165) is 14.3 Å². The van der Waals surface area contributed by atoms with Gasteiger partial charge in [0.25, 0.3) is 5.69 Å². The maximum Gasteiger partial charge on any atom is 0.280 e. The van der Waals surface area contributed by atoms with E-state index in [4.69, 9.17) is 0 Å². The Labute approximate surface area is 128 Å². The maximum atomic E-state index is 11.5. The minimum Gasteiger partial charge on any atom is -0.294 e. The fraction of sp³-hybridized carbons (Fsp3) is 0.0714. The van der Waals surface area contributed by atoms with Crippen molar-refractivity contribution in [2.24, 2.45) is 0 Å². The van der Waals surface area contributed by atoms with E-state index in [1.807, 2.05) is 24.3 Å². The van der Waals surface area contributed by atoms with E-state index in [1.54, 1.807) is 12.1 Å². The highest BCUT2D eigenvalue weighted by atomic mass is 79.9. The second-order valence-corrected chi connectivity index (χ2v) is 6.11. The zero-order valence-electron chi connectivity index (χ0n) is 10.5. The summed E-state index contributed by atoms with van der Waals surface area (Å²) in [5, 5.41) is 10.9. The molecule has 0 heterocycles. The van der Waals surface area contributed by atoms with Crippen molar-refractivity contribution >= 4 is 39.2 Å². The molecule has 0 saturated heterocycles. The van der Waals surface area contributed by atoms with E-state index >= 15 is 0 Å². The number of halogens is 1. The van der Waals surface area contributed by atoms with Gasteiger partial charge in [-0.15, -0.1) is 0 Å². The molecule has 2 aromatic rings. The van der Waals surface area contributed by atoms with Crippen LogP contribution in [0.4, 0.5) is 5.69 Å². The van der Waals surface area contributed by atoms with Gasteiger partial charge in [-0.05, 0) is 37.3 Å². The van der Waals surface area contributed by atoms with E-state index in [-0.39, 0.29) is 17.0 Å². The zero-order chi connectivity index (χ0) is 14.7. The molecule has 102 valence electrons. The summed E-state index contributed by atoms with van der Waals surface area (Å²) in [5.74, 6) is -0.312.